The maximum atomic E-state index is 11.9. The van der Waals surface area contributed by atoms with Crippen molar-refractivity contribution in [3.63, 3.8) is 0 Å². The molecule has 19 heavy (non-hydrogen) atoms. The lowest BCUT2D eigenvalue weighted by molar-refractivity contribution is 0.0726. The molecule has 0 aliphatic heterocycles. The molecule has 0 spiro atoms. The summed E-state index contributed by atoms with van der Waals surface area (Å²) in [6, 6.07) is 4.68. The highest BCUT2D eigenvalue weighted by Crippen LogP contribution is 2.07. The van der Waals surface area contributed by atoms with Crippen LogP contribution in [0.5, 0.6) is 5.88 Å². The van der Waals surface area contributed by atoms with Gasteiger partial charge in [-0.3, -0.25) is 10.2 Å². The number of carbonyl (C=O) groups is 2. The van der Waals surface area contributed by atoms with Crippen molar-refractivity contribution in [3.05, 3.63) is 23.9 Å². The summed E-state index contributed by atoms with van der Waals surface area (Å²) in [4.78, 5) is 26.8. The molecule has 1 aromatic rings. The lowest BCUT2D eigenvalue weighted by Gasteiger charge is -2.21. The van der Waals surface area contributed by atoms with Crippen molar-refractivity contribution in [3.8, 4) is 5.88 Å². The molecular weight excluding hydrogens is 250 g/mol. The molecule has 0 aromatic carbocycles. The van der Waals surface area contributed by atoms with Crippen LogP contribution in [0.2, 0.25) is 0 Å². The zero-order chi connectivity index (χ0) is 14.4. The average Bonchev–Trinajstić information content (AvgIpc) is 2.37. The van der Waals surface area contributed by atoms with Crippen LogP contribution in [0.25, 0.3) is 0 Å². The largest absolute Gasteiger partial charge is 0.481 e. The molecule has 1 heterocycles. The summed E-state index contributed by atoms with van der Waals surface area (Å²) < 4.78 is 4.90. The van der Waals surface area contributed by atoms with Crippen LogP contribution in [0, 0.1) is 5.92 Å². The lowest BCUT2D eigenvalue weighted by atomic mass is 10.2. The Morgan fingerprint density at radius 1 is 1.47 bits per heavy atom. The van der Waals surface area contributed by atoms with Crippen LogP contribution in [0.3, 0.4) is 0 Å². The van der Waals surface area contributed by atoms with Gasteiger partial charge in [0.15, 0.2) is 0 Å². The smallest absolute Gasteiger partial charge is 0.426 e. The molecule has 0 atom stereocenters. The molecule has 7 heteroatoms. The normalized spacial score (nSPS) is 10.1. The number of amides is 2. The highest BCUT2D eigenvalue weighted by Gasteiger charge is 2.18. The predicted molar refractivity (Wildman–Crippen MR) is 67.8 cm³/mol. The Balaban J connectivity index is 2.78. The van der Waals surface area contributed by atoms with E-state index in [1.807, 2.05) is 13.8 Å². The van der Waals surface area contributed by atoms with Gasteiger partial charge in [0.05, 0.1) is 7.11 Å². The van der Waals surface area contributed by atoms with E-state index in [9.17, 15) is 9.59 Å². The van der Waals surface area contributed by atoms with E-state index < -0.39 is 12.0 Å². The highest BCUT2D eigenvalue weighted by atomic mass is 16.5. The quantitative estimate of drug-likeness (QED) is 0.804. The van der Waals surface area contributed by atoms with E-state index in [1.54, 1.807) is 12.1 Å². The molecule has 0 aliphatic rings. The van der Waals surface area contributed by atoms with Crippen molar-refractivity contribution in [2.24, 2.45) is 5.92 Å². The minimum atomic E-state index is -1.22. The summed E-state index contributed by atoms with van der Waals surface area (Å²) in [5.41, 5.74) is 2.38. The number of hydrogen-bond donors (Lipinski definition) is 2. The van der Waals surface area contributed by atoms with Crippen LogP contribution in [-0.2, 0) is 0 Å². The third-order valence-electron chi connectivity index (χ3n) is 2.18. The van der Waals surface area contributed by atoms with E-state index >= 15 is 0 Å². The third-order valence-corrected chi connectivity index (χ3v) is 2.18. The van der Waals surface area contributed by atoms with E-state index in [1.165, 1.54) is 13.2 Å². The van der Waals surface area contributed by atoms with E-state index in [-0.39, 0.29) is 18.2 Å². The monoisotopic (exact) mass is 267 g/mol. The van der Waals surface area contributed by atoms with Crippen molar-refractivity contribution in [2.45, 2.75) is 13.8 Å². The number of pyridine rings is 1. The van der Waals surface area contributed by atoms with Gasteiger partial charge in [-0.1, -0.05) is 19.9 Å². The number of aromatic nitrogens is 1. The zero-order valence-corrected chi connectivity index (χ0v) is 11.1. The molecule has 0 bridgehead atoms. The number of carboxylic acid groups (broad SMARTS) is 1. The third kappa shape index (κ3) is 4.46. The zero-order valence-electron chi connectivity index (χ0n) is 11.1. The van der Waals surface area contributed by atoms with Crippen molar-refractivity contribution >= 4 is 12.0 Å². The van der Waals surface area contributed by atoms with Gasteiger partial charge in [0.1, 0.15) is 5.69 Å². The SMILES string of the molecule is COc1cccc(C(=O)NN(CC(C)C)C(=O)O)n1. The van der Waals surface area contributed by atoms with Gasteiger partial charge in [-0.2, -0.15) is 0 Å². The van der Waals surface area contributed by atoms with Gasteiger partial charge in [0.2, 0.25) is 5.88 Å². The number of methoxy groups -OCH3 is 1. The molecule has 1 aromatic heterocycles. The Hall–Kier alpha value is -2.31. The second kappa shape index (κ2) is 6.58. The number of hydrazine groups is 1. The topological polar surface area (TPSA) is 91.8 Å². The molecule has 0 aliphatic carbocycles. The summed E-state index contributed by atoms with van der Waals surface area (Å²) in [6.07, 6.45) is -1.22. The number of rotatable bonds is 4. The Bertz CT molecular complexity index is 462. The molecule has 7 nitrogen and oxygen atoms in total. The molecular formula is C12H17N3O4. The van der Waals surface area contributed by atoms with Crippen LogP contribution in [0.4, 0.5) is 4.79 Å². The second-order valence-corrected chi connectivity index (χ2v) is 4.29. The van der Waals surface area contributed by atoms with Crippen LogP contribution < -0.4 is 10.2 Å². The predicted octanol–water partition coefficient (Wildman–Crippen LogP) is 1.37. The Morgan fingerprint density at radius 2 is 2.16 bits per heavy atom. The summed E-state index contributed by atoms with van der Waals surface area (Å²) in [7, 11) is 1.44. The Morgan fingerprint density at radius 3 is 2.68 bits per heavy atom. The number of nitrogens with zero attached hydrogens (tertiary/aromatic N) is 2. The van der Waals surface area contributed by atoms with Gasteiger partial charge < -0.3 is 9.84 Å². The summed E-state index contributed by atoms with van der Waals surface area (Å²) in [5.74, 6) is -0.213. The van der Waals surface area contributed by atoms with Crippen LogP contribution in [0.1, 0.15) is 24.3 Å². The van der Waals surface area contributed by atoms with Crippen LogP contribution in [-0.4, -0.2) is 40.8 Å². The molecule has 0 saturated heterocycles. The van der Waals surface area contributed by atoms with Crippen molar-refractivity contribution in [2.75, 3.05) is 13.7 Å². The fourth-order valence-corrected chi connectivity index (χ4v) is 1.37. The Labute approximate surface area is 111 Å². The van der Waals surface area contributed by atoms with Gasteiger partial charge in [-0.05, 0) is 12.0 Å². The summed E-state index contributed by atoms with van der Waals surface area (Å²) in [6.45, 7) is 3.91. The molecule has 0 radical (unpaired) electrons. The van der Waals surface area contributed by atoms with E-state index in [2.05, 4.69) is 10.4 Å². The number of nitrogens with one attached hydrogen (secondary N) is 1. The van der Waals surface area contributed by atoms with Crippen LogP contribution >= 0.6 is 0 Å². The number of carbonyl (C=O) groups excluding carboxylic acids is 1. The molecule has 104 valence electrons. The highest BCUT2D eigenvalue weighted by molar-refractivity contribution is 5.93. The Kier molecular flexibility index (Phi) is 5.11. The molecule has 0 saturated carbocycles. The molecule has 2 amide bonds. The first-order valence-corrected chi connectivity index (χ1v) is 5.76. The molecule has 0 unspecified atom stereocenters. The van der Waals surface area contributed by atoms with Crippen molar-refractivity contribution in [1.29, 1.82) is 0 Å². The summed E-state index contributed by atoms with van der Waals surface area (Å²) >= 11 is 0. The molecule has 1 rings (SSSR count). The van der Waals surface area contributed by atoms with Crippen molar-refractivity contribution < 1.29 is 19.4 Å². The van der Waals surface area contributed by atoms with Crippen LogP contribution in [0.15, 0.2) is 18.2 Å². The fourth-order valence-electron chi connectivity index (χ4n) is 1.37. The number of ether oxygens (including phenoxy) is 1. The molecule has 0 fully saturated rings. The number of hydrogen-bond acceptors (Lipinski definition) is 4. The van der Waals surface area contributed by atoms with Crippen molar-refractivity contribution in [1.82, 2.24) is 15.4 Å². The van der Waals surface area contributed by atoms with Gasteiger partial charge in [-0.15, -0.1) is 0 Å². The maximum absolute atomic E-state index is 11.9. The first kappa shape index (κ1) is 14.7. The first-order chi connectivity index (χ1) is 8.93. The first-order valence-electron chi connectivity index (χ1n) is 5.76. The van der Waals surface area contributed by atoms with E-state index in [0.717, 1.165) is 5.01 Å². The van der Waals surface area contributed by atoms with E-state index in [0.29, 0.717) is 5.88 Å². The minimum Gasteiger partial charge on any atom is -0.481 e. The van der Waals surface area contributed by atoms with Gasteiger partial charge in [-0.25, -0.2) is 14.8 Å². The standard InChI is InChI=1S/C12H17N3O4/c1-8(2)7-15(12(17)18)14-11(16)9-5-4-6-10(13-9)19-3/h4-6,8H,7H2,1-3H3,(H,14,16)(H,17,18). The second-order valence-electron chi connectivity index (χ2n) is 4.29. The van der Waals surface area contributed by atoms with Gasteiger partial charge >= 0.3 is 6.09 Å². The summed E-state index contributed by atoms with van der Waals surface area (Å²) in [5, 5.41) is 9.83. The van der Waals surface area contributed by atoms with E-state index in [4.69, 9.17) is 9.84 Å². The molecule has 2 N–H and O–H groups in total. The fraction of sp³-hybridized carbons (Fsp3) is 0.417. The lowest BCUT2D eigenvalue weighted by Crippen LogP contribution is -2.47. The minimum absolute atomic E-state index is 0.0920. The average molecular weight is 267 g/mol. The maximum Gasteiger partial charge on any atom is 0.426 e. The van der Waals surface area contributed by atoms with Gasteiger partial charge in [0.25, 0.3) is 5.91 Å². The van der Waals surface area contributed by atoms with Gasteiger partial charge in [0, 0.05) is 12.6 Å².